The summed E-state index contributed by atoms with van der Waals surface area (Å²) in [5.74, 6) is 1.36. The first kappa shape index (κ1) is 10.3. The van der Waals surface area contributed by atoms with Crippen molar-refractivity contribution in [3.05, 3.63) is 18.2 Å². The maximum atomic E-state index is 5.62. The number of ether oxygens (including phenoxy) is 1. The molecule has 0 amide bonds. The summed E-state index contributed by atoms with van der Waals surface area (Å²) in [4.78, 5) is 12.1. The topological polar surface area (TPSA) is 91.7 Å². The predicted octanol–water partition coefficient (Wildman–Crippen LogP) is 0.542. The molecule has 0 aliphatic rings. The van der Waals surface area contributed by atoms with Crippen LogP contribution in [0.1, 0.15) is 12.7 Å². The fraction of sp³-hybridized carbons (Fsp3) is 0.333. The van der Waals surface area contributed by atoms with E-state index in [0.29, 0.717) is 23.9 Å². The highest BCUT2D eigenvalue weighted by atomic mass is 16.5. The van der Waals surface area contributed by atoms with Gasteiger partial charge in [-0.15, -0.1) is 5.10 Å². The van der Waals surface area contributed by atoms with Gasteiger partial charge >= 0.3 is 6.01 Å². The van der Waals surface area contributed by atoms with Crippen molar-refractivity contribution in [2.45, 2.75) is 13.3 Å². The third-order valence-corrected chi connectivity index (χ3v) is 1.86. The van der Waals surface area contributed by atoms with E-state index in [0.717, 1.165) is 0 Å². The fourth-order valence-electron chi connectivity index (χ4n) is 1.16. The maximum absolute atomic E-state index is 5.62. The van der Waals surface area contributed by atoms with Crippen LogP contribution in [0.25, 0.3) is 0 Å². The summed E-state index contributed by atoms with van der Waals surface area (Å²) in [7, 11) is 1.76. The molecule has 0 unspecified atom stereocenters. The Hall–Kier alpha value is -2.18. The fourth-order valence-corrected chi connectivity index (χ4v) is 1.16. The molecule has 0 saturated carbocycles. The van der Waals surface area contributed by atoms with Gasteiger partial charge in [-0.25, -0.2) is 4.98 Å². The van der Waals surface area contributed by atoms with E-state index >= 15 is 0 Å². The second-order valence-electron chi connectivity index (χ2n) is 3.20. The highest BCUT2D eigenvalue weighted by Gasteiger charge is 2.06. The lowest BCUT2D eigenvalue weighted by Crippen LogP contribution is -2.01. The van der Waals surface area contributed by atoms with Crippen LogP contribution in [0.15, 0.2) is 12.4 Å². The van der Waals surface area contributed by atoms with E-state index in [1.807, 2.05) is 6.92 Å². The molecule has 2 aromatic heterocycles. The minimum atomic E-state index is 0.239. The number of rotatable bonds is 3. The quantitative estimate of drug-likeness (QED) is 0.811. The van der Waals surface area contributed by atoms with Gasteiger partial charge in [-0.1, -0.05) is 6.92 Å². The molecular formula is C9H12N6O. The van der Waals surface area contributed by atoms with Crippen LogP contribution in [0.4, 0.5) is 5.82 Å². The Kier molecular flexibility index (Phi) is 2.67. The lowest BCUT2D eigenvalue weighted by molar-refractivity contribution is 0.420. The molecule has 7 nitrogen and oxygen atoms in total. The van der Waals surface area contributed by atoms with Crippen LogP contribution in [0.5, 0.6) is 11.9 Å². The van der Waals surface area contributed by atoms with Crippen molar-refractivity contribution in [2.75, 3.05) is 5.73 Å². The highest BCUT2D eigenvalue weighted by Crippen LogP contribution is 2.16. The van der Waals surface area contributed by atoms with Crippen LogP contribution < -0.4 is 10.5 Å². The van der Waals surface area contributed by atoms with Crippen LogP contribution >= 0.6 is 0 Å². The van der Waals surface area contributed by atoms with Crippen molar-refractivity contribution in [2.24, 2.45) is 7.05 Å². The van der Waals surface area contributed by atoms with Crippen LogP contribution in [0.3, 0.4) is 0 Å². The molecule has 0 aliphatic heterocycles. The summed E-state index contributed by atoms with van der Waals surface area (Å²) in [5.41, 5.74) is 5.62. The molecule has 2 N–H and O–H groups in total. The molecule has 0 bridgehead atoms. The molecule has 0 aromatic carbocycles. The zero-order valence-electron chi connectivity index (χ0n) is 9.08. The van der Waals surface area contributed by atoms with E-state index in [4.69, 9.17) is 10.5 Å². The third-order valence-electron chi connectivity index (χ3n) is 1.86. The summed E-state index contributed by atoms with van der Waals surface area (Å²) >= 11 is 0. The van der Waals surface area contributed by atoms with Gasteiger partial charge in [0.25, 0.3) is 0 Å². The van der Waals surface area contributed by atoms with Gasteiger partial charge in [0.1, 0.15) is 18.0 Å². The van der Waals surface area contributed by atoms with Gasteiger partial charge in [-0.05, 0) is 0 Å². The van der Waals surface area contributed by atoms with Gasteiger partial charge < -0.3 is 10.5 Å². The minimum absolute atomic E-state index is 0.239. The maximum Gasteiger partial charge on any atom is 0.342 e. The number of aromatic nitrogens is 5. The molecular weight excluding hydrogens is 208 g/mol. The summed E-state index contributed by atoms with van der Waals surface area (Å²) in [6.07, 6.45) is 2.23. The van der Waals surface area contributed by atoms with E-state index in [2.05, 4.69) is 20.1 Å². The van der Waals surface area contributed by atoms with Crippen molar-refractivity contribution in [3.63, 3.8) is 0 Å². The van der Waals surface area contributed by atoms with E-state index < -0.39 is 0 Å². The Balaban J connectivity index is 2.24. The van der Waals surface area contributed by atoms with E-state index in [9.17, 15) is 0 Å². The summed E-state index contributed by atoms with van der Waals surface area (Å²) in [6.45, 7) is 1.94. The van der Waals surface area contributed by atoms with Gasteiger partial charge in [-0.3, -0.25) is 4.68 Å². The van der Waals surface area contributed by atoms with Crippen LogP contribution in [-0.4, -0.2) is 24.7 Å². The van der Waals surface area contributed by atoms with Crippen molar-refractivity contribution in [1.29, 1.82) is 0 Å². The minimum Gasteiger partial charge on any atom is -0.404 e. The van der Waals surface area contributed by atoms with Gasteiger partial charge in [0, 0.05) is 19.5 Å². The van der Waals surface area contributed by atoms with Crippen LogP contribution in [-0.2, 0) is 13.5 Å². The molecule has 16 heavy (non-hydrogen) atoms. The molecule has 0 atom stereocenters. The zero-order valence-corrected chi connectivity index (χ0v) is 9.08. The van der Waals surface area contributed by atoms with Crippen LogP contribution in [0, 0.1) is 0 Å². The third kappa shape index (κ3) is 2.25. The lowest BCUT2D eigenvalue weighted by atomic mass is 10.4. The molecule has 7 heteroatoms. The molecule has 0 spiro atoms. The largest absolute Gasteiger partial charge is 0.404 e. The molecule has 0 radical (unpaired) electrons. The summed E-state index contributed by atoms with van der Waals surface area (Å²) in [5, 5.41) is 3.97. The second-order valence-corrected chi connectivity index (χ2v) is 3.20. The summed E-state index contributed by atoms with van der Waals surface area (Å²) in [6, 6.07) is 1.78. The summed E-state index contributed by atoms with van der Waals surface area (Å²) < 4.78 is 6.89. The van der Waals surface area contributed by atoms with Gasteiger partial charge in [0.15, 0.2) is 0 Å². The zero-order chi connectivity index (χ0) is 11.5. The number of nitrogen functional groups attached to an aromatic ring is 1. The van der Waals surface area contributed by atoms with Gasteiger partial charge in [0.2, 0.25) is 5.88 Å². The monoisotopic (exact) mass is 220 g/mol. The normalized spacial score (nSPS) is 10.4. The standard InChI is InChI=1S/C9H12N6O/c1-3-7-12-6(10)4-8(13-7)16-9-11-5-15(2)14-9/h4-5H,3H2,1-2H3,(H2,10,12,13). The number of anilines is 1. The van der Waals surface area contributed by atoms with Crippen molar-refractivity contribution < 1.29 is 4.74 Å². The SMILES string of the molecule is CCc1nc(N)cc(Oc2ncn(C)n2)n1. The van der Waals surface area contributed by atoms with E-state index in [-0.39, 0.29) is 6.01 Å². The van der Waals surface area contributed by atoms with Crippen molar-refractivity contribution >= 4 is 5.82 Å². The molecule has 2 rings (SSSR count). The van der Waals surface area contributed by atoms with Crippen molar-refractivity contribution in [1.82, 2.24) is 24.7 Å². The molecule has 0 aliphatic carbocycles. The average molecular weight is 220 g/mol. The van der Waals surface area contributed by atoms with Gasteiger partial charge in [-0.2, -0.15) is 9.97 Å². The van der Waals surface area contributed by atoms with Crippen molar-refractivity contribution in [3.8, 4) is 11.9 Å². The average Bonchev–Trinajstić information content (AvgIpc) is 2.63. The van der Waals surface area contributed by atoms with E-state index in [1.165, 1.54) is 6.07 Å². The van der Waals surface area contributed by atoms with E-state index in [1.54, 1.807) is 18.1 Å². The number of aryl methyl sites for hydroxylation is 2. The first-order valence-corrected chi connectivity index (χ1v) is 4.84. The molecule has 2 aromatic rings. The molecule has 0 fully saturated rings. The molecule has 2 heterocycles. The number of hydrogen-bond donors (Lipinski definition) is 1. The Bertz CT molecular complexity index is 494. The number of hydrogen-bond acceptors (Lipinski definition) is 6. The predicted molar refractivity (Wildman–Crippen MR) is 56.9 cm³/mol. The number of nitrogens with two attached hydrogens (primary N) is 1. The first-order valence-electron chi connectivity index (χ1n) is 4.84. The Morgan fingerprint density at radius 2 is 2.25 bits per heavy atom. The Labute approximate surface area is 92.3 Å². The lowest BCUT2D eigenvalue weighted by Gasteiger charge is -2.02. The Morgan fingerprint density at radius 1 is 1.44 bits per heavy atom. The Morgan fingerprint density at radius 3 is 2.88 bits per heavy atom. The number of nitrogens with zero attached hydrogens (tertiary/aromatic N) is 5. The van der Waals surface area contributed by atoms with Gasteiger partial charge in [0.05, 0.1) is 0 Å². The molecule has 0 saturated heterocycles. The smallest absolute Gasteiger partial charge is 0.342 e. The van der Waals surface area contributed by atoms with Crippen LogP contribution in [0.2, 0.25) is 0 Å². The highest BCUT2D eigenvalue weighted by molar-refractivity contribution is 5.33. The first-order chi connectivity index (χ1) is 7.67. The molecule has 84 valence electrons. The second kappa shape index (κ2) is 4.13.